The second-order valence-electron chi connectivity index (χ2n) is 14.2. The van der Waals surface area contributed by atoms with Crippen LogP contribution in [0.25, 0.3) is 22.2 Å². The number of hydrogen-bond donors (Lipinski definition) is 3. The molecule has 2 unspecified atom stereocenters. The van der Waals surface area contributed by atoms with Gasteiger partial charge in [-0.05, 0) is 80.1 Å². The molecule has 4 heterocycles. The molecular weight excluding hydrogens is 634 g/mol. The van der Waals surface area contributed by atoms with Crippen molar-refractivity contribution in [2.75, 3.05) is 41.3 Å². The van der Waals surface area contributed by atoms with Crippen molar-refractivity contribution in [3.63, 3.8) is 0 Å². The number of rotatable bonds is 6. The van der Waals surface area contributed by atoms with Crippen molar-refractivity contribution >= 4 is 32.9 Å². The molecule has 2 aromatic carbocycles. The van der Waals surface area contributed by atoms with Crippen LogP contribution in [0.2, 0.25) is 0 Å². The zero-order chi connectivity index (χ0) is 34.1. The Morgan fingerprint density at radius 2 is 1.69 bits per heavy atom. The highest BCUT2D eigenvalue weighted by atomic mass is 32.2. The Labute approximate surface area is 281 Å². The summed E-state index contributed by atoms with van der Waals surface area (Å²) in [6.07, 6.45) is 5.26. The van der Waals surface area contributed by atoms with Gasteiger partial charge in [0.25, 0.3) is 11.8 Å². The second kappa shape index (κ2) is 12.1. The van der Waals surface area contributed by atoms with Gasteiger partial charge in [-0.3, -0.25) is 9.59 Å². The molecule has 4 atom stereocenters. The van der Waals surface area contributed by atoms with Crippen LogP contribution in [-0.2, 0) is 21.5 Å². The summed E-state index contributed by atoms with van der Waals surface area (Å²) < 4.78 is 35.6. The highest BCUT2D eigenvalue weighted by molar-refractivity contribution is 7.87. The lowest BCUT2D eigenvalue weighted by atomic mass is 9.80. The number of carbonyl (C=O) groups is 2. The van der Waals surface area contributed by atoms with E-state index in [0.717, 1.165) is 65.9 Å². The van der Waals surface area contributed by atoms with Crippen LogP contribution in [0.5, 0.6) is 5.75 Å². The minimum absolute atomic E-state index is 0.0712. The molecule has 1 aliphatic carbocycles. The largest absolute Gasteiger partial charge is 0.497 e. The van der Waals surface area contributed by atoms with Crippen molar-refractivity contribution in [2.24, 2.45) is 0 Å². The number of aromatic nitrogens is 1. The Bertz CT molecular complexity index is 1870. The predicted octanol–water partition coefficient (Wildman–Crippen LogP) is 2.98. The number of ether oxygens (including phenoxy) is 1. The average molecular weight is 680 g/mol. The molecule has 1 saturated carbocycles. The van der Waals surface area contributed by atoms with Gasteiger partial charge in [-0.15, -0.1) is 0 Å². The van der Waals surface area contributed by atoms with Gasteiger partial charge in [0, 0.05) is 61.3 Å². The molecule has 0 spiro atoms. The molecule has 3 aromatic rings. The number of aliphatic hydroxyl groups is 2. The first kappa shape index (κ1) is 33.0. The average Bonchev–Trinajstić information content (AvgIpc) is 3.50. The molecule has 7 rings (SSSR count). The molecule has 3 fully saturated rings. The number of nitrogens with zero attached hydrogens (tertiary/aromatic N) is 4. The molecule has 3 aliphatic heterocycles. The minimum Gasteiger partial charge on any atom is -0.497 e. The number of fused-ring (bicyclic) bond motifs is 7. The van der Waals surface area contributed by atoms with Crippen LogP contribution in [0.3, 0.4) is 0 Å². The summed E-state index contributed by atoms with van der Waals surface area (Å²) in [6, 6.07) is 10.4. The normalized spacial score (nSPS) is 26.3. The van der Waals surface area contributed by atoms with Crippen molar-refractivity contribution in [1.82, 2.24) is 23.4 Å². The number of piperazine rings is 1. The van der Waals surface area contributed by atoms with E-state index >= 15 is 0 Å². The first-order valence-electron chi connectivity index (χ1n) is 16.8. The van der Waals surface area contributed by atoms with Gasteiger partial charge in [0.1, 0.15) is 11.9 Å². The summed E-state index contributed by atoms with van der Waals surface area (Å²) in [4.78, 5) is 32.1. The predicted molar refractivity (Wildman–Crippen MR) is 181 cm³/mol. The van der Waals surface area contributed by atoms with E-state index in [1.54, 1.807) is 23.1 Å². The van der Waals surface area contributed by atoms with Gasteiger partial charge in [-0.25, -0.2) is 4.72 Å². The SMILES string of the molecule is COc1ccc2c(c1)[C@@H](O)[C@](O)(C(=O)N1C3CCC1CN(C)C3)Cn1c-2c(C2CCCCC2)c2ccc(C(=O)NS(=O)(=O)N(C)C)cc21. The van der Waals surface area contributed by atoms with E-state index in [1.807, 2.05) is 29.8 Å². The maximum Gasteiger partial charge on any atom is 0.303 e. The molecule has 3 N–H and O–H groups in total. The number of likely N-dealkylation sites (N-methyl/N-ethyl adjacent to an activating group) is 1. The van der Waals surface area contributed by atoms with Crippen LogP contribution >= 0.6 is 0 Å². The lowest BCUT2D eigenvalue weighted by molar-refractivity contribution is -0.173. The van der Waals surface area contributed by atoms with E-state index in [2.05, 4.69) is 9.62 Å². The van der Waals surface area contributed by atoms with Crippen LogP contribution in [0.15, 0.2) is 36.4 Å². The molecule has 48 heavy (non-hydrogen) atoms. The fourth-order valence-electron chi connectivity index (χ4n) is 8.59. The molecular formula is C35H45N5O7S. The summed E-state index contributed by atoms with van der Waals surface area (Å²) >= 11 is 0. The Kier molecular flexibility index (Phi) is 8.35. The third-order valence-electron chi connectivity index (χ3n) is 11.0. The number of methoxy groups -OCH3 is 1. The molecule has 12 nitrogen and oxygen atoms in total. The van der Waals surface area contributed by atoms with E-state index in [4.69, 9.17) is 4.74 Å². The number of amides is 2. The Hall–Kier alpha value is -3.49. The van der Waals surface area contributed by atoms with Crippen LogP contribution in [0.1, 0.15) is 78.5 Å². The summed E-state index contributed by atoms with van der Waals surface area (Å²) in [5.41, 5.74) is 1.39. The Balaban J connectivity index is 1.45. The first-order valence-corrected chi connectivity index (χ1v) is 18.3. The van der Waals surface area contributed by atoms with E-state index in [-0.39, 0.29) is 30.1 Å². The van der Waals surface area contributed by atoms with Gasteiger partial charge >= 0.3 is 10.2 Å². The zero-order valence-electron chi connectivity index (χ0n) is 28.0. The highest BCUT2D eigenvalue weighted by Gasteiger charge is 2.55. The fraction of sp³-hybridized carbons (Fsp3) is 0.543. The van der Waals surface area contributed by atoms with Crippen molar-refractivity contribution in [2.45, 2.75) is 81.2 Å². The van der Waals surface area contributed by atoms with Gasteiger partial charge in [0.2, 0.25) is 0 Å². The van der Waals surface area contributed by atoms with E-state index < -0.39 is 33.7 Å². The van der Waals surface area contributed by atoms with Crippen molar-refractivity contribution < 1.29 is 33.0 Å². The van der Waals surface area contributed by atoms with Crippen molar-refractivity contribution in [3.05, 3.63) is 53.1 Å². The summed E-state index contributed by atoms with van der Waals surface area (Å²) in [5, 5.41) is 25.8. The smallest absolute Gasteiger partial charge is 0.303 e. The maximum absolute atomic E-state index is 14.7. The Morgan fingerprint density at radius 3 is 2.33 bits per heavy atom. The lowest BCUT2D eigenvalue weighted by Gasteiger charge is -2.44. The first-order chi connectivity index (χ1) is 22.8. The van der Waals surface area contributed by atoms with Crippen LogP contribution < -0.4 is 9.46 Å². The van der Waals surface area contributed by atoms with E-state index in [0.29, 0.717) is 35.5 Å². The summed E-state index contributed by atoms with van der Waals surface area (Å²) in [7, 11) is 2.20. The van der Waals surface area contributed by atoms with Gasteiger partial charge in [0.05, 0.1) is 19.3 Å². The van der Waals surface area contributed by atoms with Crippen molar-refractivity contribution in [3.8, 4) is 17.0 Å². The molecule has 2 amide bonds. The van der Waals surface area contributed by atoms with Gasteiger partial charge in [0.15, 0.2) is 5.60 Å². The molecule has 2 bridgehead atoms. The zero-order valence-corrected chi connectivity index (χ0v) is 28.8. The van der Waals surface area contributed by atoms with Gasteiger partial charge in [-0.1, -0.05) is 25.3 Å². The van der Waals surface area contributed by atoms with Crippen molar-refractivity contribution in [1.29, 1.82) is 0 Å². The molecule has 4 aliphatic rings. The van der Waals surface area contributed by atoms with E-state index in [9.17, 15) is 28.2 Å². The standard InChI is InChI=1S/C35H45N5O7S/c1-37(2)48(45,46)36-33(42)22-10-14-27-29(16-22)39-20-35(44,34(43)40-23-11-12-24(40)19-38(3)18-23)32(41)28-17-25(47-4)13-15-26(28)31(39)30(27)21-8-6-5-7-9-21/h10,13-17,21,23-24,32,41,44H,5-9,11-12,18-20H2,1-4H3,(H,36,42)/t23?,24?,32-,35+/m1/s1. The lowest BCUT2D eigenvalue weighted by Crippen LogP contribution is -2.62. The highest BCUT2D eigenvalue weighted by Crippen LogP contribution is 2.50. The molecule has 258 valence electrons. The van der Waals surface area contributed by atoms with Crippen LogP contribution in [-0.4, -0.2) is 108 Å². The molecule has 1 aromatic heterocycles. The van der Waals surface area contributed by atoms with Gasteiger partial charge in [-0.2, -0.15) is 12.7 Å². The second-order valence-corrected chi connectivity index (χ2v) is 16.1. The molecule has 13 heteroatoms. The quantitative estimate of drug-likeness (QED) is 0.361. The number of likely N-dealkylation sites (tertiary alicyclic amines) is 1. The summed E-state index contributed by atoms with van der Waals surface area (Å²) in [5.74, 6) is -0.635. The third-order valence-corrected chi connectivity index (χ3v) is 12.4. The number of benzene rings is 2. The minimum atomic E-state index is -4.05. The number of aliphatic hydroxyl groups excluding tert-OH is 1. The maximum atomic E-state index is 14.7. The number of carbonyl (C=O) groups excluding carboxylic acids is 2. The van der Waals surface area contributed by atoms with Crippen LogP contribution in [0.4, 0.5) is 0 Å². The third kappa shape index (κ3) is 5.30. The fourth-order valence-corrected chi connectivity index (χ4v) is 9.13. The summed E-state index contributed by atoms with van der Waals surface area (Å²) in [6.45, 7) is 1.13. The molecule has 0 radical (unpaired) electrons. The van der Waals surface area contributed by atoms with E-state index in [1.165, 1.54) is 21.2 Å². The topological polar surface area (TPSA) is 145 Å². The number of hydrogen-bond acceptors (Lipinski definition) is 8. The van der Waals surface area contributed by atoms with Gasteiger partial charge < -0.3 is 29.3 Å². The molecule has 2 saturated heterocycles. The monoisotopic (exact) mass is 679 g/mol. The number of nitrogens with one attached hydrogen (secondary N) is 1. The van der Waals surface area contributed by atoms with Crippen LogP contribution in [0, 0.1) is 0 Å². The Morgan fingerprint density at radius 1 is 1.00 bits per heavy atom.